The molecule has 4 rings (SSSR count). The van der Waals surface area contributed by atoms with Gasteiger partial charge in [-0.2, -0.15) is 4.99 Å². The molecule has 0 saturated heterocycles. The number of carbonyl (C=O) groups excluding carboxylic acids is 1. The van der Waals surface area contributed by atoms with Crippen LogP contribution in [0.3, 0.4) is 0 Å². The van der Waals surface area contributed by atoms with Gasteiger partial charge >= 0.3 is 0 Å². The monoisotopic (exact) mass is 362 g/mol. The van der Waals surface area contributed by atoms with E-state index < -0.39 is 0 Å². The summed E-state index contributed by atoms with van der Waals surface area (Å²) in [4.78, 5) is 18.1. The van der Waals surface area contributed by atoms with Crippen LogP contribution >= 0.6 is 11.8 Å². The minimum atomic E-state index is -0.363. The maximum absolute atomic E-state index is 12.4. The number of hydrogen-bond acceptors (Lipinski definition) is 3. The van der Waals surface area contributed by atoms with Gasteiger partial charge in [-0.15, -0.1) is 0 Å². The molecule has 6 heteroatoms. The summed E-state index contributed by atoms with van der Waals surface area (Å²) in [5.74, 6) is -0.195. The van der Waals surface area contributed by atoms with Crippen LogP contribution in [-0.4, -0.2) is 26.4 Å². The van der Waals surface area contributed by atoms with Gasteiger partial charge in [0, 0.05) is 23.3 Å². The number of nitrogens with zero attached hydrogens (tertiary/aromatic N) is 3. The number of carbonyl (C=O) groups is 1. The van der Waals surface area contributed by atoms with E-state index >= 15 is 0 Å². The fourth-order valence-electron chi connectivity index (χ4n) is 3.28. The number of amides is 1. The number of fused-ring (bicyclic) bond motifs is 1. The molecule has 130 valence electrons. The Morgan fingerprint density at radius 3 is 2.77 bits per heavy atom. The molecule has 26 heavy (non-hydrogen) atoms. The molecule has 3 heterocycles. The van der Waals surface area contributed by atoms with E-state index in [4.69, 9.17) is 5.41 Å². The Hall–Kier alpha value is -2.86. The van der Waals surface area contributed by atoms with E-state index in [1.807, 2.05) is 31.4 Å². The van der Waals surface area contributed by atoms with Crippen molar-refractivity contribution in [2.24, 2.45) is 4.99 Å². The number of nitrogens with one attached hydrogen (secondary N) is 1. The van der Waals surface area contributed by atoms with Crippen molar-refractivity contribution in [1.29, 1.82) is 5.41 Å². The first kappa shape index (κ1) is 16.6. The lowest BCUT2D eigenvalue weighted by Crippen LogP contribution is -2.35. The van der Waals surface area contributed by atoms with Crippen molar-refractivity contribution in [2.75, 3.05) is 0 Å². The second kappa shape index (κ2) is 6.14. The first-order valence-corrected chi connectivity index (χ1v) is 9.16. The van der Waals surface area contributed by atoms with Gasteiger partial charge < -0.3 is 4.57 Å². The highest BCUT2D eigenvalue weighted by atomic mass is 32.2. The van der Waals surface area contributed by atoms with Crippen molar-refractivity contribution in [3.05, 3.63) is 70.0 Å². The molecule has 1 aromatic heterocycles. The number of aliphatic imine (C=N–C) groups is 1. The molecule has 2 aliphatic heterocycles. The number of aromatic nitrogens is 1. The number of rotatable bonds is 2. The molecule has 5 nitrogen and oxygen atoms in total. The number of thioether (sulfide) groups is 1. The standard InChI is InChI=1S/C20H18N4OS/c1-12-5-4-6-16(9-12)24-13(2)10-15(14(24)3)11-17-18(21)23-7-8-26-20(23)22-19(17)25/h4-11,21H,1-3H3/b17-11-,21-18?. The molecule has 0 bridgehead atoms. The molecule has 0 saturated carbocycles. The van der Waals surface area contributed by atoms with E-state index in [1.54, 1.807) is 17.2 Å². The summed E-state index contributed by atoms with van der Waals surface area (Å²) in [5.41, 5.74) is 5.63. The van der Waals surface area contributed by atoms with Crippen molar-refractivity contribution >= 4 is 34.7 Å². The van der Waals surface area contributed by atoms with Gasteiger partial charge in [0.1, 0.15) is 5.84 Å². The van der Waals surface area contributed by atoms with Gasteiger partial charge in [-0.3, -0.25) is 15.1 Å². The quantitative estimate of drug-likeness (QED) is 0.815. The van der Waals surface area contributed by atoms with Gasteiger partial charge in [-0.05, 0) is 61.6 Å². The van der Waals surface area contributed by atoms with Crippen molar-refractivity contribution in [2.45, 2.75) is 20.8 Å². The highest BCUT2D eigenvalue weighted by molar-refractivity contribution is 8.16. The topological polar surface area (TPSA) is 61.5 Å². The highest BCUT2D eigenvalue weighted by Gasteiger charge is 2.31. The van der Waals surface area contributed by atoms with Crippen LogP contribution < -0.4 is 0 Å². The van der Waals surface area contributed by atoms with Crippen LogP contribution in [0.4, 0.5) is 0 Å². The molecular weight excluding hydrogens is 344 g/mol. The molecule has 2 aliphatic rings. The summed E-state index contributed by atoms with van der Waals surface area (Å²) in [7, 11) is 0. The van der Waals surface area contributed by atoms with Crippen LogP contribution in [-0.2, 0) is 4.79 Å². The summed E-state index contributed by atoms with van der Waals surface area (Å²) in [6.07, 6.45) is 3.54. The molecule has 0 aliphatic carbocycles. The molecule has 0 unspecified atom stereocenters. The van der Waals surface area contributed by atoms with Crippen LogP contribution in [0.15, 0.2) is 52.5 Å². The van der Waals surface area contributed by atoms with Gasteiger partial charge in [0.15, 0.2) is 5.17 Å². The number of aryl methyl sites for hydroxylation is 2. The minimum absolute atomic E-state index is 0.168. The van der Waals surface area contributed by atoms with Gasteiger partial charge in [-0.25, -0.2) is 0 Å². The first-order chi connectivity index (χ1) is 12.5. The average molecular weight is 362 g/mol. The fraction of sp³-hybridized carbons (Fsp3) is 0.150. The van der Waals surface area contributed by atoms with Crippen LogP contribution in [0.5, 0.6) is 0 Å². The third-order valence-electron chi connectivity index (χ3n) is 4.54. The molecule has 1 N–H and O–H groups in total. The highest BCUT2D eigenvalue weighted by Crippen LogP contribution is 2.29. The maximum Gasteiger partial charge on any atom is 0.283 e. The van der Waals surface area contributed by atoms with Gasteiger partial charge in [0.25, 0.3) is 5.91 Å². The van der Waals surface area contributed by atoms with Crippen molar-refractivity contribution in [1.82, 2.24) is 9.47 Å². The predicted octanol–water partition coefficient (Wildman–Crippen LogP) is 4.18. The van der Waals surface area contributed by atoms with Crippen LogP contribution in [0.2, 0.25) is 0 Å². The lowest BCUT2D eigenvalue weighted by Gasteiger charge is -2.22. The summed E-state index contributed by atoms with van der Waals surface area (Å²) < 4.78 is 2.16. The Balaban J connectivity index is 1.79. The zero-order chi connectivity index (χ0) is 18.4. The van der Waals surface area contributed by atoms with E-state index in [-0.39, 0.29) is 11.7 Å². The number of amidine groups is 2. The van der Waals surface area contributed by atoms with Crippen LogP contribution in [0, 0.1) is 26.2 Å². The van der Waals surface area contributed by atoms with Gasteiger partial charge in [0.2, 0.25) is 0 Å². The van der Waals surface area contributed by atoms with E-state index in [2.05, 4.69) is 34.7 Å². The molecular formula is C20H18N4OS. The van der Waals surface area contributed by atoms with Crippen LogP contribution in [0.1, 0.15) is 22.5 Å². The lowest BCUT2D eigenvalue weighted by atomic mass is 10.1. The van der Waals surface area contributed by atoms with E-state index in [1.165, 1.54) is 17.3 Å². The van der Waals surface area contributed by atoms with Crippen molar-refractivity contribution in [3.8, 4) is 5.69 Å². The van der Waals surface area contributed by atoms with E-state index in [9.17, 15) is 4.79 Å². The molecule has 1 amide bonds. The Morgan fingerprint density at radius 2 is 2.00 bits per heavy atom. The molecule has 0 radical (unpaired) electrons. The second-order valence-corrected chi connectivity index (χ2v) is 7.25. The third kappa shape index (κ3) is 2.63. The fourth-order valence-corrected chi connectivity index (χ4v) is 3.99. The van der Waals surface area contributed by atoms with E-state index in [0.29, 0.717) is 10.7 Å². The summed E-state index contributed by atoms with van der Waals surface area (Å²) in [6, 6.07) is 10.3. The number of benzene rings is 1. The Labute approximate surface area is 156 Å². The van der Waals surface area contributed by atoms with Gasteiger partial charge in [0.05, 0.1) is 5.57 Å². The Morgan fingerprint density at radius 1 is 1.19 bits per heavy atom. The van der Waals surface area contributed by atoms with Crippen LogP contribution in [0.25, 0.3) is 11.8 Å². The van der Waals surface area contributed by atoms with Gasteiger partial charge in [-0.1, -0.05) is 23.9 Å². The third-order valence-corrected chi connectivity index (χ3v) is 5.30. The predicted molar refractivity (Wildman–Crippen MR) is 107 cm³/mol. The normalized spacial score (nSPS) is 17.9. The SMILES string of the molecule is Cc1cccc(-n2c(C)cc(/C=C3/C(=N)N4C=CSC4=NC3=O)c2C)c1. The summed E-state index contributed by atoms with van der Waals surface area (Å²) in [6.45, 7) is 6.14. The average Bonchev–Trinajstić information content (AvgIpc) is 3.16. The van der Waals surface area contributed by atoms with E-state index in [0.717, 1.165) is 22.6 Å². The zero-order valence-electron chi connectivity index (χ0n) is 14.8. The largest absolute Gasteiger partial charge is 0.318 e. The molecule has 1 aromatic carbocycles. The lowest BCUT2D eigenvalue weighted by molar-refractivity contribution is -0.114. The minimum Gasteiger partial charge on any atom is -0.318 e. The first-order valence-electron chi connectivity index (χ1n) is 8.28. The Kier molecular flexibility index (Phi) is 3.92. The summed E-state index contributed by atoms with van der Waals surface area (Å²) >= 11 is 1.35. The van der Waals surface area contributed by atoms with Crippen molar-refractivity contribution in [3.63, 3.8) is 0 Å². The maximum atomic E-state index is 12.4. The summed E-state index contributed by atoms with van der Waals surface area (Å²) in [5, 5.41) is 10.7. The Bertz CT molecular complexity index is 1040. The second-order valence-electron chi connectivity index (χ2n) is 6.38. The number of hydrogen-bond donors (Lipinski definition) is 1. The molecule has 0 fully saturated rings. The smallest absolute Gasteiger partial charge is 0.283 e. The molecule has 0 atom stereocenters. The zero-order valence-corrected chi connectivity index (χ0v) is 15.6. The molecule has 0 spiro atoms. The molecule has 2 aromatic rings. The van der Waals surface area contributed by atoms with Crippen molar-refractivity contribution < 1.29 is 4.79 Å².